The van der Waals surface area contributed by atoms with Gasteiger partial charge in [0.25, 0.3) is 0 Å². The third kappa shape index (κ3) is 5.28. The van der Waals surface area contributed by atoms with Crippen molar-refractivity contribution in [3.8, 4) is 0 Å². The fraction of sp³-hybridized carbons (Fsp3) is 0.769. The maximum Gasteiger partial charge on any atom is 0.244 e. The molecule has 0 saturated carbocycles. The number of sulfonamides is 1. The lowest BCUT2D eigenvalue weighted by molar-refractivity contribution is 0.276. The molecule has 0 aliphatic carbocycles. The van der Waals surface area contributed by atoms with Crippen LogP contribution in [0.2, 0.25) is 0 Å². The van der Waals surface area contributed by atoms with Gasteiger partial charge in [0.05, 0.1) is 11.4 Å². The number of aromatic nitrogens is 2. The van der Waals surface area contributed by atoms with E-state index in [0.717, 1.165) is 18.6 Å². The fourth-order valence-corrected chi connectivity index (χ4v) is 4.13. The monoisotopic (exact) mass is 335 g/mol. The standard InChI is InChI=1S/C13H25N3O3S2/c1-11-13(12(2)16(15-11)8-6-9-17)21(18,19)14-7-4-5-10-20-3/h14,17H,4-10H2,1-3H3. The van der Waals surface area contributed by atoms with Crippen molar-refractivity contribution in [1.82, 2.24) is 14.5 Å². The summed E-state index contributed by atoms with van der Waals surface area (Å²) < 4.78 is 29.0. The Morgan fingerprint density at radius 2 is 2.00 bits per heavy atom. The molecule has 0 bridgehead atoms. The molecule has 0 aliphatic heterocycles. The highest BCUT2D eigenvalue weighted by atomic mass is 32.2. The first-order valence-electron chi connectivity index (χ1n) is 7.07. The van der Waals surface area contributed by atoms with Gasteiger partial charge in [-0.2, -0.15) is 16.9 Å². The Morgan fingerprint density at radius 3 is 2.62 bits per heavy atom. The number of unbranched alkanes of at least 4 members (excludes halogenated alkanes) is 1. The number of nitrogens with zero attached hydrogens (tertiary/aromatic N) is 2. The molecule has 0 fully saturated rings. The lowest BCUT2D eigenvalue weighted by Crippen LogP contribution is -2.26. The van der Waals surface area contributed by atoms with Crippen LogP contribution in [-0.4, -0.2) is 48.5 Å². The second kappa shape index (κ2) is 8.77. The third-order valence-electron chi connectivity index (χ3n) is 3.18. The second-order valence-electron chi connectivity index (χ2n) is 4.90. The van der Waals surface area contributed by atoms with Gasteiger partial charge in [-0.25, -0.2) is 13.1 Å². The Bertz CT molecular complexity index is 541. The van der Waals surface area contributed by atoms with Crippen molar-refractivity contribution in [2.75, 3.05) is 25.2 Å². The number of hydrogen-bond donors (Lipinski definition) is 2. The van der Waals surface area contributed by atoms with Crippen LogP contribution in [0.4, 0.5) is 0 Å². The number of nitrogens with one attached hydrogen (secondary N) is 1. The zero-order valence-electron chi connectivity index (χ0n) is 12.9. The summed E-state index contributed by atoms with van der Waals surface area (Å²) in [5, 5.41) is 13.1. The molecule has 1 aromatic rings. The average molecular weight is 335 g/mol. The van der Waals surface area contributed by atoms with E-state index in [1.54, 1.807) is 30.3 Å². The van der Waals surface area contributed by atoms with Gasteiger partial charge in [0.15, 0.2) is 0 Å². The quantitative estimate of drug-likeness (QED) is 0.630. The molecular weight excluding hydrogens is 310 g/mol. The van der Waals surface area contributed by atoms with E-state index < -0.39 is 10.0 Å². The van der Waals surface area contributed by atoms with Gasteiger partial charge in [-0.15, -0.1) is 0 Å². The Labute approximate surface area is 131 Å². The summed E-state index contributed by atoms with van der Waals surface area (Å²) in [7, 11) is -3.52. The van der Waals surface area contributed by atoms with Gasteiger partial charge in [-0.1, -0.05) is 0 Å². The van der Waals surface area contributed by atoms with E-state index in [4.69, 9.17) is 5.11 Å². The molecule has 6 nitrogen and oxygen atoms in total. The van der Waals surface area contributed by atoms with Crippen LogP contribution >= 0.6 is 11.8 Å². The Morgan fingerprint density at radius 1 is 1.29 bits per heavy atom. The van der Waals surface area contributed by atoms with Crippen LogP contribution < -0.4 is 4.72 Å². The van der Waals surface area contributed by atoms with Gasteiger partial charge in [0.2, 0.25) is 10.0 Å². The Balaban J connectivity index is 2.76. The van der Waals surface area contributed by atoms with Gasteiger partial charge in [-0.3, -0.25) is 4.68 Å². The second-order valence-corrected chi connectivity index (χ2v) is 7.59. The highest BCUT2D eigenvalue weighted by Gasteiger charge is 2.23. The summed E-state index contributed by atoms with van der Waals surface area (Å²) in [6, 6.07) is 0. The van der Waals surface area contributed by atoms with E-state index in [-0.39, 0.29) is 11.5 Å². The van der Waals surface area contributed by atoms with Crippen molar-refractivity contribution in [2.24, 2.45) is 0 Å². The van der Waals surface area contributed by atoms with Crippen LogP contribution in [0.25, 0.3) is 0 Å². The molecule has 0 saturated heterocycles. The minimum absolute atomic E-state index is 0.0636. The van der Waals surface area contributed by atoms with Crippen LogP contribution in [-0.2, 0) is 16.6 Å². The van der Waals surface area contributed by atoms with E-state index >= 15 is 0 Å². The first-order chi connectivity index (χ1) is 9.94. The molecule has 1 aromatic heterocycles. The van der Waals surface area contributed by atoms with Crippen LogP contribution in [0.15, 0.2) is 4.90 Å². The number of aliphatic hydroxyl groups is 1. The number of thioether (sulfide) groups is 1. The van der Waals surface area contributed by atoms with Crippen molar-refractivity contribution in [3.05, 3.63) is 11.4 Å². The summed E-state index contributed by atoms with van der Waals surface area (Å²) in [5.41, 5.74) is 1.12. The molecular formula is C13H25N3O3S2. The van der Waals surface area contributed by atoms with Crippen molar-refractivity contribution in [3.63, 3.8) is 0 Å². The third-order valence-corrected chi connectivity index (χ3v) is 5.59. The molecule has 1 heterocycles. The predicted molar refractivity (Wildman–Crippen MR) is 86.2 cm³/mol. The van der Waals surface area contributed by atoms with Gasteiger partial charge in [0, 0.05) is 19.7 Å². The average Bonchev–Trinajstić information content (AvgIpc) is 2.71. The van der Waals surface area contributed by atoms with Gasteiger partial charge < -0.3 is 5.11 Å². The molecule has 0 amide bonds. The normalized spacial score (nSPS) is 12.0. The first-order valence-corrected chi connectivity index (χ1v) is 9.95. The highest BCUT2D eigenvalue weighted by Crippen LogP contribution is 2.19. The topological polar surface area (TPSA) is 84.2 Å². The SMILES string of the molecule is CSCCCCNS(=O)(=O)c1c(C)nn(CCCO)c1C. The van der Waals surface area contributed by atoms with E-state index in [0.29, 0.717) is 30.9 Å². The summed E-state index contributed by atoms with van der Waals surface area (Å²) >= 11 is 1.76. The number of aliphatic hydroxyl groups excluding tert-OH is 1. The molecule has 0 aromatic carbocycles. The van der Waals surface area contributed by atoms with E-state index in [2.05, 4.69) is 9.82 Å². The molecule has 0 aliphatic rings. The molecule has 0 spiro atoms. The summed E-state index contributed by atoms with van der Waals surface area (Å²) in [4.78, 5) is 0.269. The van der Waals surface area contributed by atoms with Gasteiger partial charge in [0.1, 0.15) is 4.90 Å². The molecule has 1 rings (SSSR count). The van der Waals surface area contributed by atoms with Crippen molar-refractivity contribution in [1.29, 1.82) is 0 Å². The molecule has 0 unspecified atom stereocenters. The smallest absolute Gasteiger partial charge is 0.244 e. The lowest BCUT2D eigenvalue weighted by Gasteiger charge is -2.07. The van der Waals surface area contributed by atoms with E-state index in [1.807, 2.05) is 6.26 Å². The zero-order chi connectivity index (χ0) is 15.9. The summed E-state index contributed by atoms with van der Waals surface area (Å²) in [6.07, 6.45) is 4.43. The minimum Gasteiger partial charge on any atom is -0.396 e. The maximum atomic E-state index is 12.4. The number of rotatable bonds is 10. The van der Waals surface area contributed by atoms with Crippen molar-refractivity contribution in [2.45, 2.75) is 44.6 Å². The van der Waals surface area contributed by atoms with Crippen LogP contribution in [0.1, 0.15) is 30.7 Å². The lowest BCUT2D eigenvalue weighted by atomic mass is 10.3. The van der Waals surface area contributed by atoms with E-state index in [9.17, 15) is 8.42 Å². The zero-order valence-corrected chi connectivity index (χ0v) is 14.6. The predicted octanol–water partition coefficient (Wildman–Crippen LogP) is 1.30. The van der Waals surface area contributed by atoms with E-state index in [1.165, 1.54) is 0 Å². The minimum atomic E-state index is -3.52. The van der Waals surface area contributed by atoms with Crippen molar-refractivity contribution < 1.29 is 13.5 Å². The maximum absolute atomic E-state index is 12.4. The molecule has 122 valence electrons. The van der Waals surface area contributed by atoms with Crippen LogP contribution in [0.5, 0.6) is 0 Å². The van der Waals surface area contributed by atoms with Crippen molar-refractivity contribution >= 4 is 21.8 Å². The van der Waals surface area contributed by atoms with Crippen LogP contribution in [0, 0.1) is 13.8 Å². The Hall–Kier alpha value is -0.570. The number of aryl methyl sites for hydroxylation is 2. The molecule has 0 atom stereocenters. The summed E-state index contributed by atoms with van der Waals surface area (Å²) in [6.45, 7) is 4.48. The molecule has 2 N–H and O–H groups in total. The first kappa shape index (κ1) is 18.5. The highest BCUT2D eigenvalue weighted by molar-refractivity contribution is 7.98. The summed E-state index contributed by atoms with van der Waals surface area (Å²) in [5.74, 6) is 1.04. The van der Waals surface area contributed by atoms with Crippen LogP contribution in [0.3, 0.4) is 0 Å². The fourth-order valence-electron chi connectivity index (χ4n) is 2.16. The largest absolute Gasteiger partial charge is 0.396 e. The number of hydrogen-bond acceptors (Lipinski definition) is 5. The Kier molecular flexibility index (Phi) is 7.72. The molecule has 21 heavy (non-hydrogen) atoms. The molecule has 0 radical (unpaired) electrons. The molecule has 8 heteroatoms. The van der Waals surface area contributed by atoms with Gasteiger partial charge >= 0.3 is 0 Å². The van der Waals surface area contributed by atoms with Gasteiger partial charge in [-0.05, 0) is 45.1 Å².